The summed E-state index contributed by atoms with van der Waals surface area (Å²) in [4.78, 5) is 5.06. The first-order chi connectivity index (χ1) is 10.5. The highest BCUT2D eigenvalue weighted by molar-refractivity contribution is 14.1. The first-order valence-corrected chi connectivity index (χ1v) is 10.2. The molecule has 3 rings (SSSR count). The molecule has 122 valence electrons. The van der Waals surface area contributed by atoms with Gasteiger partial charge >= 0.3 is 0 Å². The lowest BCUT2D eigenvalue weighted by molar-refractivity contribution is 0.0195. The molecule has 1 aromatic carbocycles. The third kappa shape index (κ3) is 3.89. The van der Waals surface area contributed by atoms with Gasteiger partial charge in [-0.15, -0.1) is 0 Å². The fourth-order valence-electron chi connectivity index (χ4n) is 4.21. The van der Waals surface area contributed by atoms with E-state index in [9.17, 15) is 5.11 Å². The van der Waals surface area contributed by atoms with Crippen molar-refractivity contribution in [1.29, 1.82) is 0 Å². The molecule has 1 atom stereocenters. The number of phenols is 1. The van der Waals surface area contributed by atoms with E-state index in [4.69, 9.17) is 0 Å². The van der Waals surface area contributed by atoms with Crippen LogP contribution in [0.4, 0.5) is 0 Å². The van der Waals surface area contributed by atoms with Gasteiger partial charge in [0.05, 0.1) is 3.57 Å². The average molecular weight is 526 g/mol. The number of aromatic hydroxyl groups is 1. The van der Waals surface area contributed by atoms with E-state index in [1.807, 2.05) is 6.07 Å². The Morgan fingerprint density at radius 1 is 1.14 bits per heavy atom. The number of hydrogen-bond donors (Lipinski definition) is 1. The summed E-state index contributed by atoms with van der Waals surface area (Å²) >= 11 is 4.57. The van der Waals surface area contributed by atoms with Gasteiger partial charge in [0, 0.05) is 28.8 Å². The zero-order valence-electron chi connectivity index (χ0n) is 13.1. The van der Waals surface area contributed by atoms with E-state index in [-0.39, 0.29) is 0 Å². The Labute approximate surface area is 160 Å². The molecule has 3 nitrogen and oxygen atoms in total. The number of likely N-dealkylation sites (tertiary alicyclic amines) is 2. The normalized spacial score (nSPS) is 27.4. The van der Waals surface area contributed by atoms with Gasteiger partial charge in [-0.3, -0.25) is 4.90 Å². The smallest absolute Gasteiger partial charge is 0.133 e. The lowest BCUT2D eigenvalue weighted by atomic mass is 9.74. The van der Waals surface area contributed by atoms with Crippen LogP contribution in [0.25, 0.3) is 0 Å². The molecule has 1 N–H and O–H groups in total. The lowest BCUT2D eigenvalue weighted by Crippen LogP contribution is -2.51. The van der Waals surface area contributed by atoms with Crippen LogP contribution < -0.4 is 0 Å². The van der Waals surface area contributed by atoms with Crippen molar-refractivity contribution >= 4 is 45.2 Å². The topological polar surface area (TPSA) is 26.7 Å². The Morgan fingerprint density at radius 2 is 1.86 bits per heavy atom. The Bertz CT molecular complexity index is 548. The molecule has 1 aromatic rings. The molecule has 0 radical (unpaired) electrons. The standard InChI is InChI=1S/C17H24I2N2O/c1-20-6-2-4-17(11-20)5-3-7-21(12-17)10-13-8-14(18)9-15(19)16(13)22/h8-9,22H,2-7,10-12H2,1H3. The number of hydrogen-bond acceptors (Lipinski definition) is 3. The van der Waals surface area contributed by atoms with Gasteiger partial charge < -0.3 is 10.0 Å². The van der Waals surface area contributed by atoms with Crippen molar-refractivity contribution in [2.75, 3.05) is 33.2 Å². The summed E-state index contributed by atoms with van der Waals surface area (Å²) in [6, 6.07) is 4.17. The molecule has 2 aliphatic heterocycles. The predicted octanol–water partition coefficient (Wildman–Crippen LogP) is 3.91. The number of benzene rings is 1. The lowest BCUT2D eigenvalue weighted by Gasteiger charge is -2.48. The molecule has 0 saturated carbocycles. The SMILES string of the molecule is CN1CCCC2(CCCN(Cc3cc(I)cc(I)c3O)C2)C1. The monoisotopic (exact) mass is 526 g/mol. The number of rotatable bonds is 2. The molecular formula is C17H24I2N2O. The van der Waals surface area contributed by atoms with E-state index in [1.165, 1.54) is 48.9 Å². The van der Waals surface area contributed by atoms with Crippen LogP contribution in [-0.2, 0) is 6.54 Å². The number of phenolic OH excluding ortho intramolecular Hbond substituents is 1. The minimum atomic E-state index is 0.474. The van der Waals surface area contributed by atoms with Crippen LogP contribution in [0.15, 0.2) is 12.1 Å². The molecule has 0 bridgehead atoms. The van der Waals surface area contributed by atoms with Gasteiger partial charge in [0.1, 0.15) is 5.75 Å². The molecule has 0 aliphatic carbocycles. The maximum absolute atomic E-state index is 10.4. The minimum absolute atomic E-state index is 0.474. The maximum atomic E-state index is 10.4. The van der Waals surface area contributed by atoms with Crippen LogP contribution in [0, 0.1) is 12.6 Å². The van der Waals surface area contributed by atoms with Crippen LogP contribution in [0.2, 0.25) is 0 Å². The van der Waals surface area contributed by atoms with Gasteiger partial charge in [0.25, 0.3) is 0 Å². The van der Waals surface area contributed by atoms with Gasteiger partial charge in [0.15, 0.2) is 0 Å². The molecule has 5 heteroatoms. The van der Waals surface area contributed by atoms with Crippen molar-refractivity contribution in [3.63, 3.8) is 0 Å². The summed E-state index contributed by atoms with van der Waals surface area (Å²) in [5, 5.41) is 10.4. The molecule has 2 aliphatic rings. The Morgan fingerprint density at radius 3 is 2.59 bits per heavy atom. The van der Waals surface area contributed by atoms with Crippen LogP contribution in [0.3, 0.4) is 0 Å². The van der Waals surface area contributed by atoms with Gasteiger partial charge in [-0.25, -0.2) is 0 Å². The summed E-state index contributed by atoms with van der Waals surface area (Å²) < 4.78 is 2.17. The largest absolute Gasteiger partial charge is 0.507 e. The highest BCUT2D eigenvalue weighted by atomic mass is 127. The molecule has 2 saturated heterocycles. The molecule has 22 heavy (non-hydrogen) atoms. The first-order valence-electron chi connectivity index (χ1n) is 8.05. The molecule has 1 unspecified atom stereocenters. The van der Waals surface area contributed by atoms with Gasteiger partial charge in [0.2, 0.25) is 0 Å². The number of halogens is 2. The van der Waals surface area contributed by atoms with Crippen LogP contribution in [-0.4, -0.2) is 48.1 Å². The molecular weight excluding hydrogens is 502 g/mol. The number of nitrogens with zero attached hydrogens (tertiary/aromatic N) is 2. The zero-order valence-corrected chi connectivity index (χ0v) is 17.4. The summed E-state index contributed by atoms with van der Waals surface area (Å²) in [6.07, 6.45) is 5.35. The van der Waals surface area contributed by atoms with Crippen LogP contribution in [0.5, 0.6) is 5.75 Å². The van der Waals surface area contributed by atoms with E-state index < -0.39 is 0 Å². The molecule has 2 heterocycles. The van der Waals surface area contributed by atoms with Crippen molar-refractivity contribution < 1.29 is 5.11 Å². The Balaban J connectivity index is 1.73. The van der Waals surface area contributed by atoms with Crippen molar-refractivity contribution in [2.24, 2.45) is 5.41 Å². The van der Waals surface area contributed by atoms with Crippen molar-refractivity contribution in [2.45, 2.75) is 32.2 Å². The average Bonchev–Trinajstić information content (AvgIpc) is 2.44. The van der Waals surface area contributed by atoms with E-state index in [0.29, 0.717) is 11.2 Å². The van der Waals surface area contributed by atoms with Gasteiger partial charge in [-0.2, -0.15) is 0 Å². The Hall–Kier alpha value is 0.400. The molecule has 2 fully saturated rings. The fraction of sp³-hybridized carbons (Fsp3) is 0.647. The summed E-state index contributed by atoms with van der Waals surface area (Å²) in [5.41, 5.74) is 1.56. The van der Waals surface area contributed by atoms with E-state index in [1.54, 1.807) is 0 Å². The van der Waals surface area contributed by atoms with Gasteiger partial charge in [-0.05, 0) is 109 Å². The molecule has 0 amide bonds. The van der Waals surface area contributed by atoms with Crippen molar-refractivity contribution in [3.8, 4) is 5.75 Å². The zero-order chi connectivity index (χ0) is 15.7. The van der Waals surface area contributed by atoms with Crippen molar-refractivity contribution in [3.05, 3.63) is 24.8 Å². The molecule has 0 aromatic heterocycles. The minimum Gasteiger partial charge on any atom is -0.507 e. The highest BCUT2D eigenvalue weighted by Crippen LogP contribution is 2.39. The summed E-state index contributed by atoms with van der Waals surface area (Å²) in [6.45, 7) is 5.70. The fourth-order valence-corrected chi connectivity index (χ4v) is 6.18. The predicted molar refractivity (Wildman–Crippen MR) is 107 cm³/mol. The van der Waals surface area contributed by atoms with E-state index in [2.05, 4.69) is 68.1 Å². The number of piperidine rings is 2. The third-order valence-electron chi connectivity index (χ3n) is 5.09. The second-order valence-electron chi connectivity index (χ2n) is 7.05. The second-order valence-corrected chi connectivity index (χ2v) is 9.46. The quantitative estimate of drug-likeness (QED) is 0.593. The maximum Gasteiger partial charge on any atom is 0.133 e. The first kappa shape index (κ1) is 17.2. The second kappa shape index (κ2) is 7.11. The highest BCUT2D eigenvalue weighted by Gasteiger charge is 2.38. The summed E-state index contributed by atoms with van der Waals surface area (Å²) in [7, 11) is 2.26. The van der Waals surface area contributed by atoms with E-state index in [0.717, 1.165) is 22.2 Å². The third-order valence-corrected chi connectivity index (χ3v) is 6.54. The Kier molecular flexibility index (Phi) is 5.57. The van der Waals surface area contributed by atoms with Crippen LogP contribution in [0.1, 0.15) is 31.2 Å². The van der Waals surface area contributed by atoms with E-state index >= 15 is 0 Å². The summed E-state index contributed by atoms with van der Waals surface area (Å²) in [5.74, 6) is 0.474. The van der Waals surface area contributed by atoms with Gasteiger partial charge in [-0.1, -0.05) is 0 Å². The van der Waals surface area contributed by atoms with Crippen LogP contribution >= 0.6 is 45.2 Å². The van der Waals surface area contributed by atoms with Crippen molar-refractivity contribution in [1.82, 2.24) is 9.80 Å². The molecule has 1 spiro atoms.